The van der Waals surface area contributed by atoms with E-state index in [1.54, 1.807) is 0 Å². The first-order valence-corrected chi connectivity index (χ1v) is 6.75. The average molecular weight is 208 g/mol. The van der Waals surface area contributed by atoms with Gasteiger partial charge in [0.2, 0.25) is 0 Å². The molecule has 13 heavy (non-hydrogen) atoms. The monoisotopic (exact) mass is 208 g/mol. The maximum Gasteiger partial charge on any atom is 0.0609 e. The Morgan fingerprint density at radius 3 is 2.62 bits per heavy atom. The lowest BCUT2D eigenvalue weighted by atomic mass is 10.1. The first kappa shape index (κ1) is 9.22. The molecule has 0 saturated carbocycles. The van der Waals surface area contributed by atoms with Gasteiger partial charge in [0.05, 0.1) is 5.25 Å². The molecular weight excluding hydrogens is 196 g/mol. The van der Waals surface area contributed by atoms with Crippen molar-refractivity contribution in [3.05, 3.63) is 40.3 Å². The third-order valence-corrected chi connectivity index (χ3v) is 4.26. The van der Waals surface area contributed by atoms with Crippen molar-refractivity contribution in [3.63, 3.8) is 0 Å². The molecule has 1 aliphatic carbocycles. The van der Waals surface area contributed by atoms with Gasteiger partial charge in [0, 0.05) is 4.91 Å². The fourth-order valence-corrected chi connectivity index (χ4v) is 3.60. The Bertz CT molecular complexity index is 342. The molecule has 1 atom stereocenters. The van der Waals surface area contributed by atoms with Crippen molar-refractivity contribution in [1.29, 1.82) is 0 Å². The molecule has 0 saturated heterocycles. The van der Waals surface area contributed by atoms with Gasteiger partial charge >= 0.3 is 0 Å². The van der Waals surface area contributed by atoms with Gasteiger partial charge in [0.15, 0.2) is 0 Å². The summed E-state index contributed by atoms with van der Waals surface area (Å²) in [6.07, 6.45) is 6.64. The minimum atomic E-state index is 0.575. The highest BCUT2D eigenvalue weighted by Crippen LogP contribution is 2.46. The molecule has 0 aliphatic heterocycles. The third kappa shape index (κ3) is 1.53. The lowest BCUT2D eigenvalue weighted by Gasteiger charge is -2.11. The van der Waals surface area contributed by atoms with Crippen LogP contribution in [0.1, 0.15) is 16.4 Å². The summed E-state index contributed by atoms with van der Waals surface area (Å²) in [5, 5.41) is 0.575. The van der Waals surface area contributed by atoms with E-state index in [9.17, 15) is 0 Å². The van der Waals surface area contributed by atoms with E-state index >= 15 is 0 Å². The van der Waals surface area contributed by atoms with Crippen molar-refractivity contribution < 1.29 is 0 Å². The van der Waals surface area contributed by atoms with Crippen LogP contribution in [-0.4, -0.2) is 12.5 Å². The summed E-state index contributed by atoms with van der Waals surface area (Å²) in [5.41, 5.74) is 2.87. The van der Waals surface area contributed by atoms with Gasteiger partial charge in [0.25, 0.3) is 0 Å². The van der Waals surface area contributed by atoms with Crippen molar-refractivity contribution in [1.82, 2.24) is 0 Å². The first-order valence-electron chi connectivity index (χ1n) is 4.24. The van der Waals surface area contributed by atoms with Crippen molar-refractivity contribution in [2.75, 3.05) is 12.5 Å². The molecule has 0 nitrogen and oxygen atoms in total. The van der Waals surface area contributed by atoms with Crippen LogP contribution < -0.4 is 0 Å². The first-order chi connectivity index (χ1) is 6.36. The van der Waals surface area contributed by atoms with Gasteiger partial charge < -0.3 is 0 Å². The number of thioether (sulfide) groups is 2. The van der Waals surface area contributed by atoms with Gasteiger partial charge in [0.1, 0.15) is 0 Å². The van der Waals surface area contributed by atoms with E-state index in [0.717, 1.165) is 0 Å². The predicted molar refractivity (Wildman–Crippen MR) is 64.2 cm³/mol. The Hall–Kier alpha value is -0.340. The van der Waals surface area contributed by atoms with Crippen LogP contribution in [0.15, 0.2) is 29.2 Å². The van der Waals surface area contributed by atoms with Crippen LogP contribution in [0.3, 0.4) is 0 Å². The number of fused-ring (bicyclic) bond motifs is 1. The Morgan fingerprint density at radius 2 is 1.92 bits per heavy atom. The molecular formula is C11H12S2. The lowest BCUT2D eigenvalue weighted by Crippen LogP contribution is -1.89. The van der Waals surface area contributed by atoms with Gasteiger partial charge in [-0.15, -0.1) is 11.8 Å². The molecule has 0 aromatic heterocycles. The minimum Gasteiger partial charge on any atom is -0.152 e. The second kappa shape index (κ2) is 3.81. The Morgan fingerprint density at radius 1 is 1.15 bits per heavy atom. The van der Waals surface area contributed by atoms with Gasteiger partial charge in [-0.25, -0.2) is 0 Å². The molecule has 0 heterocycles. The molecule has 0 bridgehead atoms. The van der Waals surface area contributed by atoms with E-state index in [4.69, 9.17) is 0 Å². The highest BCUT2D eigenvalue weighted by Gasteiger charge is 2.22. The Labute approximate surface area is 87.8 Å². The zero-order valence-corrected chi connectivity index (χ0v) is 9.41. The van der Waals surface area contributed by atoms with Crippen LogP contribution in [-0.2, 0) is 0 Å². The molecule has 0 N–H and O–H groups in total. The number of rotatable bonds is 2. The van der Waals surface area contributed by atoms with E-state index in [0.29, 0.717) is 5.25 Å². The van der Waals surface area contributed by atoms with E-state index in [1.165, 1.54) is 16.0 Å². The Kier molecular flexibility index (Phi) is 2.70. The lowest BCUT2D eigenvalue weighted by molar-refractivity contribution is 1.25. The summed E-state index contributed by atoms with van der Waals surface area (Å²) in [6, 6.07) is 8.66. The molecule has 2 rings (SSSR count). The average Bonchev–Trinajstić information content (AvgIpc) is 2.55. The minimum absolute atomic E-state index is 0.575. The summed E-state index contributed by atoms with van der Waals surface area (Å²) in [6.45, 7) is 0. The van der Waals surface area contributed by atoms with Crippen LogP contribution >= 0.6 is 23.5 Å². The highest BCUT2D eigenvalue weighted by atomic mass is 32.2. The second-order valence-corrected chi connectivity index (χ2v) is 4.82. The van der Waals surface area contributed by atoms with Crippen molar-refractivity contribution in [2.45, 2.75) is 5.25 Å². The number of benzene rings is 1. The fraction of sp³-hybridized carbons (Fsp3) is 0.273. The van der Waals surface area contributed by atoms with Crippen LogP contribution in [0, 0.1) is 0 Å². The van der Waals surface area contributed by atoms with E-state index in [-0.39, 0.29) is 0 Å². The standard InChI is InChI=1S/C11H12S2/c1-12-10-7-8-5-3-4-6-9(8)11(10)13-2/h3-7,11H,1-2H3. The molecule has 0 amide bonds. The smallest absolute Gasteiger partial charge is 0.0609 e. The van der Waals surface area contributed by atoms with Gasteiger partial charge in [-0.3, -0.25) is 0 Å². The van der Waals surface area contributed by atoms with E-state index in [1.807, 2.05) is 23.5 Å². The molecule has 0 fully saturated rings. The second-order valence-electron chi connectivity index (χ2n) is 3.00. The number of hydrogen-bond acceptors (Lipinski definition) is 2. The zero-order valence-electron chi connectivity index (χ0n) is 7.78. The van der Waals surface area contributed by atoms with E-state index < -0.39 is 0 Å². The van der Waals surface area contributed by atoms with Crippen molar-refractivity contribution in [2.24, 2.45) is 0 Å². The van der Waals surface area contributed by atoms with Crippen molar-refractivity contribution >= 4 is 29.6 Å². The summed E-state index contributed by atoms with van der Waals surface area (Å²) in [4.78, 5) is 1.48. The SMILES string of the molecule is CSC1=Cc2ccccc2C1SC. The topological polar surface area (TPSA) is 0 Å². The van der Waals surface area contributed by atoms with Gasteiger partial charge in [-0.2, -0.15) is 11.8 Å². The summed E-state index contributed by atoms with van der Waals surface area (Å²) < 4.78 is 0. The summed E-state index contributed by atoms with van der Waals surface area (Å²) in [5.74, 6) is 0. The molecule has 0 spiro atoms. The van der Waals surface area contributed by atoms with Crippen LogP contribution in [0.2, 0.25) is 0 Å². The van der Waals surface area contributed by atoms with Crippen LogP contribution in [0.5, 0.6) is 0 Å². The van der Waals surface area contributed by atoms with Gasteiger partial charge in [-0.1, -0.05) is 24.3 Å². The molecule has 1 aliphatic rings. The van der Waals surface area contributed by atoms with Crippen LogP contribution in [0.4, 0.5) is 0 Å². The number of hydrogen-bond donors (Lipinski definition) is 0. The molecule has 1 unspecified atom stereocenters. The Balaban J connectivity index is 2.44. The fourth-order valence-electron chi connectivity index (χ4n) is 1.67. The molecule has 1 aromatic carbocycles. The normalized spacial score (nSPS) is 19.8. The zero-order chi connectivity index (χ0) is 9.26. The third-order valence-electron chi connectivity index (χ3n) is 2.31. The maximum atomic E-state index is 2.31. The van der Waals surface area contributed by atoms with E-state index in [2.05, 4.69) is 42.9 Å². The molecule has 2 heteroatoms. The molecule has 1 aromatic rings. The summed E-state index contributed by atoms with van der Waals surface area (Å²) in [7, 11) is 0. The predicted octanol–water partition coefficient (Wildman–Crippen LogP) is 3.81. The van der Waals surface area contributed by atoms with Gasteiger partial charge in [-0.05, 0) is 29.7 Å². The largest absolute Gasteiger partial charge is 0.152 e. The van der Waals surface area contributed by atoms with Crippen molar-refractivity contribution in [3.8, 4) is 0 Å². The highest BCUT2D eigenvalue weighted by molar-refractivity contribution is 8.05. The molecule has 0 radical (unpaired) electrons. The molecule has 68 valence electrons. The summed E-state index contributed by atoms with van der Waals surface area (Å²) >= 11 is 3.78. The quantitative estimate of drug-likeness (QED) is 0.725. The maximum absolute atomic E-state index is 2.31. The van der Waals surface area contributed by atoms with Crippen LogP contribution in [0.25, 0.3) is 6.08 Å².